The van der Waals surface area contributed by atoms with Gasteiger partial charge in [0.1, 0.15) is 12.1 Å². The van der Waals surface area contributed by atoms with Gasteiger partial charge in [0.05, 0.1) is 18.0 Å². The summed E-state index contributed by atoms with van der Waals surface area (Å²) in [5.41, 5.74) is -4.74. The second-order valence-corrected chi connectivity index (χ2v) is 10.4. The Morgan fingerprint density at radius 2 is 1.81 bits per heavy atom. The van der Waals surface area contributed by atoms with Crippen LogP contribution in [0, 0.1) is 10.7 Å². The molecule has 3 aliphatic rings. The maximum atomic E-state index is 12.8. The highest BCUT2D eigenvalue weighted by Gasteiger charge is 2.52. The predicted octanol–water partition coefficient (Wildman–Crippen LogP) is 2.78. The van der Waals surface area contributed by atoms with E-state index in [1.54, 1.807) is 9.80 Å². The van der Waals surface area contributed by atoms with E-state index in [0.29, 0.717) is 32.6 Å². The zero-order valence-corrected chi connectivity index (χ0v) is 17.4. The van der Waals surface area contributed by atoms with Gasteiger partial charge < -0.3 is 19.9 Å². The smallest absolute Gasteiger partial charge is 0.447 e. The van der Waals surface area contributed by atoms with E-state index in [1.165, 1.54) is 12.1 Å². The number of halogens is 3. The van der Waals surface area contributed by atoms with Crippen LogP contribution in [0.3, 0.4) is 0 Å². The van der Waals surface area contributed by atoms with Crippen LogP contribution in [0.25, 0.3) is 0 Å². The molecular formula is C19H23F3N4O4S. The molecule has 1 spiro atoms. The molecule has 170 valence electrons. The Balaban J connectivity index is 1.26. The number of carbonyl (C=O) groups is 2. The van der Waals surface area contributed by atoms with Crippen molar-refractivity contribution in [2.45, 2.75) is 35.2 Å². The largest absolute Gasteiger partial charge is 0.483 e. The molecule has 0 aliphatic carbocycles. The molecule has 0 saturated carbocycles. The molecule has 31 heavy (non-hydrogen) atoms. The number of nitrogens with zero attached hydrogens (tertiary/aromatic N) is 2. The van der Waals surface area contributed by atoms with Crippen LogP contribution in [-0.4, -0.2) is 70.0 Å². The average Bonchev–Trinajstić information content (AvgIpc) is 3.09. The van der Waals surface area contributed by atoms with Gasteiger partial charge in [0.2, 0.25) is 0 Å². The van der Waals surface area contributed by atoms with Crippen molar-refractivity contribution in [3.63, 3.8) is 0 Å². The Morgan fingerprint density at radius 3 is 2.32 bits per heavy atom. The van der Waals surface area contributed by atoms with Gasteiger partial charge in [0.25, 0.3) is 0 Å². The maximum Gasteiger partial charge on any atom is 0.483 e. The first-order valence-corrected chi connectivity index (χ1v) is 11.5. The summed E-state index contributed by atoms with van der Waals surface area (Å²) in [6, 6.07) is 5.14. The number of alkyl carbamates (subject to hydrolysis) is 1. The minimum absolute atomic E-state index is 0.0630. The molecule has 1 aromatic rings. The van der Waals surface area contributed by atoms with Crippen LogP contribution in [0.15, 0.2) is 29.2 Å². The fourth-order valence-electron chi connectivity index (χ4n) is 4.29. The van der Waals surface area contributed by atoms with Crippen molar-refractivity contribution in [3.05, 3.63) is 29.8 Å². The number of amides is 3. The lowest BCUT2D eigenvalue weighted by Crippen LogP contribution is -2.71. The number of benzene rings is 1. The van der Waals surface area contributed by atoms with Gasteiger partial charge in [-0.15, -0.1) is 0 Å². The maximum absolute atomic E-state index is 12.8. The molecule has 0 aromatic heterocycles. The summed E-state index contributed by atoms with van der Waals surface area (Å²) in [7, 11) is -4.84. The lowest BCUT2D eigenvalue weighted by atomic mass is 9.89. The predicted molar refractivity (Wildman–Crippen MR) is 104 cm³/mol. The Labute approximate surface area is 177 Å². The molecule has 3 aliphatic heterocycles. The van der Waals surface area contributed by atoms with Crippen LogP contribution in [0.4, 0.5) is 22.8 Å². The molecule has 0 radical (unpaired) electrons. The lowest BCUT2D eigenvalue weighted by Gasteiger charge is -2.48. The van der Waals surface area contributed by atoms with Crippen LogP contribution < -0.4 is 5.32 Å². The van der Waals surface area contributed by atoms with E-state index in [0.717, 1.165) is 30.5 Å². The quantitative estimate of drug-likeness (QED) is 0.724. The monoisotopic (exact) mass is 460 g/mol. The number of ether oxygens (including phenoxy) is 1. The van der Waals surface area contributed by atoms with E-state index < -0.39 is 31.8 Å². The molecule has 3 heterocycles. The summed E-state index contributed by atoms with van der Waals surface area (Å²) in [5, 5.41) is 2.74. The number of nitrogens with one attached hydrogen (secondary N) is 2. The summed E-state index contributed by atoms with van der Waals surface area (Å²) in [6.45, 7) is 2.31. The van der Waals surface area contributed by atoms with Crippen LogP contribution in [0.2, 0.25) is 0 Å². The minimum Gasteiger partial charge on any atom is -0.447 e. The van der Waals surface area contributed by atoms with Crippen molar-refractivity contribution in [3.8, 4) is 0 Å². The van der Waals surface area contributed by atoms with Gasteiger partial charge in [0, 0.05) is 13.1 Å². The first kappa shape index (κ1) is 21.7. The third-order valence-corrected chi connectivity index (χ3v) is 7.68. The molecule has 3 saturated heterocycles. The number of piperidine rings is 1. The SMILES string of the molecule is N=[S@](=O)(c1ccc(CC2CCN(C(=O)N3CC4(COC(=O)N4)C3)CC2)cc1)C(F)(F)F. The Morgan fingerprint density at radius 1 is 1.19 bits per heavy atom. The van der Waals surface area contributed by atoms with Gasteiger partial charge in [-0.2, -0.15) is 13.2 Å². The molecule has 12 heteroatoms. The standard InChI is InChI=1S/C19H23F3N4O4S/c20-19(21,22)31(23,29)15-3-1-13(2-4-15)9-14-5-7-25(8-6-14)17(28)26-10-18(11-26)12-30-16(27)24-18/h1-4,14,23H,5-12H2,(H,24,27)/t31-/m0/s1. The molecule has 3 amide bonds. The molecule has 0 bridgehead atoms. The number of hydrogen-bond acceptors (Lipinski definition) is 5. The van der Waals surface area contributed by atoms with Crippen molar-refractivity contribution in [1.82, 2.24) is 15.1 Å². The third kappa shape index (κ3) is 4.17. The fourth-order valence-corrected chi connectivity index (χ4v) is 5.08. The summed E-state index contributed by atoms with van der Waals surface area (Å²) in [6.07, 6.45) is 1.72. The first-order chi connectivity index (χ1) is 14.5. The van der Waals surface area contributed by atoms with Gasteiger partial charge in [-0.1, -0.05) is 12.1 Å². The number of carbonyl (C=O) groups excluding carboxylic acids is 2. The topological polar surface area (TPSA) is 103 Å². The molecule has 1 aromatic carbocycles. The molecule has 0 unspecified atom stereocenters. The lowest BCUT2D eigenvalue weighted by molar-refractivity contribution is -0.0406. The van der Waals surface area contributed by atoms with Gasteiger partial charge in [-0.25, -0.2) is 18.6 Å². The third-order valence-electron chi connectivity index (χ3n) is 6.10. The first-order valence-electron chi connectivity index (χ1n) is 9.92. The molecule has 2 N–H and O–H groups in total. The number of cyclic esters (lactones) is 1. The Hall–Kier alpha value is -2.50. The van der Waals surface area contributed by atoms with Crippen molar-refractivity contribution in [2.75, 3.05) is 32.8 Å². The minimum atomic E-state index is -5.10. The van der Waals surface area contributed by atoms with E-state index in [1.807, 2.05) is 0 Å². The Bertz CT molecular complexity index is 967. The van der Waals surface area contributed by atoms with Crippen LogP contribution in [-0.2, 0) is 20.9 Å². The van der Waals surface area contributed by atoms with E-state index in [9.17, 15) is 27.0 Å². The molecular weight excluding hydrogens is 437 g/mol. The van der Waals surface area contributed by atoms with Crippen molar-refractivity contribution < 1.29 is 31.7 Å². The number of alkyl halides is 3. The Kier molecular flexibility index (Phi) is 5.31. The summed E-state index contributed by atoms with van der Waals surface area (Å²) >= 11 is 0. The van der Waals surface area contributed by atoms with Gasteiger partial charge in [-0.3, -0.25) is 0 Å². The highest BCUT2D eigenvalue weighted by molar-refractivity contribution is 7.93. The number of rotatable bonds is 3. The van der Waals surface area contributed by atoms with E-state index in [-0.39, 0.29) is 18.6 Å². The van der Waals surface area contributed by atoms with Gasteiger partial charge >= 0.3 is 17.6 Å². The zero-order chi connectivity index (χ0) is 22.4. The van der Waals surface area contributed by atoms with Gasteiger partial charge in [0.15, 0.2) is 9.73 Å². The summed E-state index contributed by atoms with van der Waals surface area (Å²) in [5.74, 6) is 0.281. The molecule has 4 rings (SSSR count). The van der Waals surface area contributed by atoms with Crippen LogP contribution in [0.5, 0.6) is 0 Å². The highest BCUT2D eigenvalue weighted by atomic mass is 32.2. The van der Waals surface area contributed by atoms with Crippen LogP contribution >= 0.6 is 0 Å². The van der Waals surface area contributed by atoms with Crippen molar-refractivity contribution in [2.24, 2.45) is 5.92 Å². The van der Waals surface area contributed by atoms with E-state index >= 15 is 0 Å². The zero-order valence-electron chi connectivity index (χ0n) is 16.6. The fraction of sp³-hybridized carbons (Fsp3) is 0.579. The molecule has 3 fully saturated rings. The second kappa shape index (κ2) is 7.57. The van der Waals surface area contributed by atoms with Gasteiger partial charge in [-0.05, 0) is 42.9 Å². The summed E-state index contributed by atoms with van der Waals surface area (Å²) in [4.78, 5) is 26.8. The van der Waals surface area contributed by atoms with Crippen molar-refractivity contribution >= 4 is 21.9 Å². The van der Waals surface area contributed by atoms with Crippen LogP contribution in [0.1, 0.15) is 18.4 Å². The number of urea groups is 1. The summed E-state index contributed by atoms with van der Waals surface area (Å²) < 4.78 is 62.0. The molecule has 8 nitrogen and oxygen atoms in total. The average molecular weight is 460 g/mol. The molecule has 1 atom stereocenters. The van der Waals surface area contributed by atoms with Crippen molar-refractivity contribution in [1.29, 1.82) is 4.78 Å². The number of hydrogen-bond donors (Lipinski definition) is 2. The normalized spacial score (nSPS) is 23.1. The van der Waals surface area contributed by atoms with E-state index in [4.69, 9.17) is 9.52 Å². The second-order valence-electron chi connectivity index (χ2n) is 8.40. The highest BCUT2D eigenvalue weighted by Crippen LogP contribution is 2.32. The number of likely N-dealkylation sites (tertiary alicyclic amines) is 2. The van der Waals surface area contributed by atoms with E-state index in [2.05, 4.69) is 5.32 Å².